The minimum absolute atomic E-state index is 0.344. The quantitative estimate of drug-likeness (QED) is 0.298. The first-order chi connectivity index (χ1) is 14.2. The first kappa shape index (κ1) is 19.7. The van der Waals surface area contributed by atoms with Gasteiger partial charge in [-0.1, -0.05) is 0 Å². The number of esters is 1. The van der Waals surface area contributed by atoms with Gasteiger partial charge < -0.3 is 14.5 Å². The van der Waals surface area contributed by atoms with Crippen LogP contribution in [0.1, 0.15) is 42.3 Å². The van der Waals surface area contributed by atoms with E-state index in [1.807, 2.05) is 24.4 Å². The predicted octanol–water partition coefficient (Wildman–Crippen LogP) is 3.89. The van der Waals surface area contributed by atoms with Gasteiger partial charge in [0.2, 0.25) is 0 Å². The SMILES string of the molecule is COc1ccc2[nH]cc(C=C3C(=O)N(N)c4ccc(C(=O)OC(C)(C)C)cc43)c2c1. The summed E-state index contributed by atoms with van der Waals surface area (Å²) in [6.07, 6.45) is 3.59. The van der Waals surface area contributed by atoms with Crippen LogP contribution in [0.4, 0.5) is 5.69 Å². The van der Waals surface area contributed by atoms with Crippen molar-refractivity contribution in [1.29, 1.82) is 0 Å². The maximum atomic E-state index is 12.8. The van der Waals surface area contributed by atoms with Crippen LogP contribution in [-0.2, 0) is 9.53 Å². The number of nitrogens with one attached hydrogen (secondary N) is 1. The Bertz CT molecular complexity index is 1200. The van der Waals surface area contributed by atoms with Gasteiger partial charge in [0.15, 0.2) is 0 Å². The number of nitrogens with two attached hydrogens (primary N) is 1. The summed E-state index contributed by atoms with van der Waals surface area (Å²) in [7, 11) is 1.60. The average molecular weight is 405 g/mol. The zero-order valence-corrected chi connectivity index (χ0v) is 17.3. The van der Waals surface area contributed by atoms with E-state index in [0.29, 0.717) is 28.1 Å². The molecule has 0 radical (unpaired) electrons. The largest absolute Gasteiger partial charge is 0.497 e. The summed E-state index contributed by atoms with van der Waals surface area (Å²) in [6.45, 7) is 5.42. The molecule has 0 aliphatic carbocycles. The monoisotopic (exact) mass is 405 g/mol. The molecule has 1 amide bonds. The number of nitrogens with zero attached hydrogens (tertiary/aromatic N) is 1. The van der Waals surface area contributed by atoms with E-state index >= 15 is 0 Å². The first-order valence-electron chi connectivity index (χ1n) is 9.52. The lowest BCUT2D eigenvalue weighted by Crippen LogP contribution is -2.33. The molecule has 0 saturated carbocycles. The van der Waals surface area contributed by atoms with Gasteiger partial charge in [-0.2, -0.15) is 0 Å². The van der Waals surface area contributed by atoms with Gasteiger partial charge in [0.1, 0.15) is 11.4 Å². The van der Waals surface area contributed by atoms with Crippen LogP contribution in [0.25, 0.3) is 22.6 Å². The molecule has 30 heavy (non-hydrogen) atoms. The molecule has 3 aromatic rings. The van der Waals surface area contributed by atoms with Crippen molar-refractivity contribution >= 4 is 40.1 Å². The molecule has 2 heterocycles. The molecule has 4 rings (SSSR count). The maximum absolute atomic E-state index is 12.8. The van der Waals surface area contributed by atoms with Gasteiger partial charge in [0.05, 0.1) is 23.9 Å². The first-order valence-corrected chi connectivity index (χ1v) is 9.52. The Kier molecular flexibility index (Phi) is 4.63. The number of hydrogen-bond acceptors (Lipinski definition) is 5. The fraction of sp³-hybridized carbons (Fsp3) is 0.217. The van der Waals surface area contributed by atoms with Crippen molar-refractivity contribution < 1.29 is 19.1 Å². The van der Waals surface area contributed by atoms with Gasteiger partial charge in [-0.05, 0) is 63.2 Å². The molecule has 0 fully saturated rings. The molecule has 2 aromatic carbocycles. The van der Waals surface area contributed by atoms with Gasteiger partial charge in [0, 0.05) is 28.2 Å². The van der Waals surface area contributed by atoms with E-state index in [4.69, 9.17) is 15.3 Å². The lowest BCUT2D eigenvalue weighted by atomic mass is 10.0. The van der Waals surface area contributed by atoms with Crippen LogP contribution in [0.2, 0.25) is 0 Å². The normalized spacial score (nSPS) is 15.0. The second kappa shape index (κ2) is 7.03. The van der Waals surface area contributed by atoms with Crippen LogP contribution >= 0.6 is 0 Å². The van der Waals surface area contributed by atoms with Crippen LogP contribution in [0.5, 0.6) is 5.75 Å². The topological polar surface area (TPSA) is 97.7 Å². The molecule has 7 heteroatoms. The van der Waals surface area contributed by atoms with Crippen molar-refractivity contribution in [3.05, 3.63) is 59.3 Å². The number of aromatic amines is 1. The Morgan fingerprint density at radius 1 is 1.17 bits per heavy atom. The molecule has 0 atom stereocenters. The van der Waals surface area contributed by atoms with E-state index in [2.05, 4.69) is 4.98 Å². The summed E-state index contributed by atoms with van der Waals surface area (Å²) in [4.78, 5) is 28.5. The minimum atomic E-state index is -0.617. The molecule has 1 aliphatic heterocycles. The number of hydrogen-bond donors (Lipinski definition) is 2. The number of benzene rings is 2. The summed E-state index contributed by atoms with van der Waals surface area (Å²) < 4.78 is 10.8. The second-order valence-corrected chi connectivity index (χ2v) is 8.12. The van der Waals surface area contributed by atoms with E-state index in [9.17, 15) is 9.59 Å². The zero-order chi connectivity index (χ0) is 21.6. The molecule has 7 nitrogen and oxygen atoms in total. The average Bonchev–Trinajstić information content (AvgIpc) is 3.20. The molecular weight excluding hydrogens is 382 g/mol. The number of anilines is 1. The smallest absolute Gasteiger partial charge is 0.338 e. The Labute approximate surface area is 174 Å². The van der Waals surface area contributed by atoms with E-state index in [1.165, 1.54) is 0 Å². The second-order valence-electron chi connectivity index (χ2n) is 8.12. The fourth-order valence-corrected chi connectivity index (χ4v) is 3.44. The molecule has 0 spiro atoms. The molecule has 0 unspecified atom stereocenters. The number of methoxy groups -OCH3 is 1. The van der Waals surface area contributed by atoms with Crippen molar-refractivity contribution in [2.75, 3.05) is 12.1 Å². The van der Waals surface area contributed by atoms with Crippen molar-refractivity contribution in [2.45, 2.75) is 26.4 Å². The molecule has 3 N–H and O–H groups in total. The van der Waals surface area contributed by atoms with Crippen molar-refractivity contribution in [2.24, 2.45) is 5.84 Å². The van der Waals surface area contributed by atoms with Gasteiger partial charge in [0.25, 0.3) is 5.91 Å². The molecule has 154 valence electrons. The van der Waals surface area contributed by atoms with Crippen molar-refractivity contribution in [3.63, 3.8) is 0 Å². The van der Waals surface area contributed by atoms with Crippen LogP contribution in [0.3, 0.4) is 0 Å². The zero-order valence-electron chi connectivity index (χ0n) is 17.3. The summed E-state index contributed by atoms with van der Waals surface area (Å²) in [5.74, 6) is 5.91. The third kappa shape index (κ3) is 3.44. The summed E-state index contributed by atoms with van der Waals surface area (Å²) in [5, 5.41) is 2.00. The van der Waals surface area contributed by atoms with Gasteiger partial charge in [-0.25, -0.2) is 15.6 Å². The third-order valence-corrected chi connectivity index (χ3v) is 4.85. The lowest BCUT2D eigenvalue weighted by molar-refractivity contribution is -0.113. The fourth-order valence-electron chi connectivity index (χ4n) is 3.44. The highest BCUT2D eigenvalue weighted by molar-refractivity contribution is 6.36. The number of hydrazine groups is 1. The number of ether oxygens (including phenoxy) is 2. The molecular formula is C23H23N3O4. The van der Waals surface area contributed by atoms with Crippen molar-refractivity contribution in [3.8, 4) is 5.75 Å². The van der Waals surface area contributed by atoms with Crippen LogP contribution in [0.15, 0.2) is 42.6 Å². The predicted molar refractivity (Wildman–Crippen MR) is 116 cm³/mol. The molecule has 1 aromatic heterocycles. The van der Waals surface area contributed by atoms with E-state index in [-0.39, 0.29) is 5.91 Å². The molecule has 0 saturated heterocycles. The number of amides is 1. The summed E-state index contributed by atoms with van der Waals surface area (Å²) >= 11 is 0. The summed E-state index contributed by atoms with van der Waals surface area (Å²) in [5.41, 5.74) is 3.00. The number of aromatic nitrogens is 1. The van der Waals surface area contributed by atoms with E-state index < -0.39 is 11.6 Å². The van der Waals surface area contributed by atoms with E-state index in [0.717, 1.165) is 21.5 Å². The highest BCUT2D eigenvalue weighted by Crippen LogP contribution is 2.38. The van der Waals surface area contributed by atoms with Crippen molar-refractivity contribution in [1.82, 2.24) is 4.98 Å². The van der Waals surface area contributed by atoms with Crippen LogP contribution in [0, 0.1) is 0 Å². The highest BCUT2D eigenvalue weighted by atomic mass is 16.6. The Morgan fingerprint density at radius 2 is 1.93 bits per heavy atom. The number of fused-ring (bicyclic) bond motifs is 2. The van der Waals surface area contributed by atoms with Gasteiger partial charge in [-0.15, -0.1) is 0 Å². The Balaban J connectivity index is 1.80. The van der Waals surface area contributed by atoms with Crippen LogP contribution in [-0.4, -0.2) is 29.6 Å². The number of rotatable bonds is 3. The van der Waals surface area contributed by atoms with Crippen LogP contribution < -0.4 is 15.6 Å². The Hall–Kier alpha value is -3.58. The summed E-state index contributed by atoms with van der Waals surface area (Å²) in [6, 6.07) is 10.6. The van der Waals surface area contributed by atoms with E-state index in [1.54, 1.807) is 52.2 Å². The number of H-pyrrole nitrogens is 1. The molecule has 0 bridgehead atoms. The number of carbonyl (C=O) groups excluding carboxylic acids is 2. The highest BCUT2D eigenvalue weighted by Gasteiger charge is 2.32. The minimum Gasteiger partial charge on any atom is -0.497 e. The maximum Gasteiger partial charge on any atom is 0.338 e. The third-order valence-electron chi connectivity index (χ3n) is 4.85. The van der Waals surface area contributed by atoms with Gasteiger partial charge >= 0.3 is 5.97 Å². The number of carbonyl (C=O) groups is 2. The lowest BCUT2D eigenvalue weighted by Gasteiger charge is -2.19. The standard InChI is InChI=1S/C23H23N3O4/c1-23(2,3)30-22(28)13-5-8-20-17(9-13)18(21(27)26(20)24)10-14-12-25-19-7-6-15(29-4)11-16(14)19/h5-12,25H,24H2,1-4H3. The molecule has 1 aliphatic rings. The Morgan fingerprint density at radius 3 is 2.63 bits per heavy atom. The van der Waals surface area contributed by atoms with Gasteiger partial charge in [-0.3, -0.25) is 4.79 Å².